The minimum atomic E-state index is -0.341. The molecule has 1 aliphatic heterocycles. The lowest BCUT2D eigenvalue weighted by Crippen LogP contribution is -2.30. The molecule has 0 saturated heterocycles. The van der Waals surface area contributed by atoms with Gasteiger partial charge in [-0.1, -0.05) is 48.6 Å². The molecule has 0 radical (unpaired) electrons. The topological polar surface area (TPSA) is 46.3 Å². The molecule has 0 unspecified atom stereocenters. The molecule has 1 heterocycles. The molecule has 0 spiro atoms. The summed E-state index contributed by atoms with van der Waals surface area (Å²) in [5.74, 6) is -0.341. The van der Waals surface area contributed by atoms with Crippen molar-refractivity contribution in [2.75, 3.05) is 11.4 Å². The van der Waals surface area contributed by atoms with E-state index in [9.17, 15) is 4.79 Å². The van der Waals surface area contributed by atoms with E-state index in [0.29, 0.717) is 0 Å². The molecule has 2 aromatic carbocycles. The molecule has 0 fully saturated rings. The van der Waals surface area contributed by atoms with Gasteiger partial charge in [-0.15, -0.1) is 0 Å². The Hall–Kier alpha value is -2.55. The third kappa shape index (κ3) is 2.10. The summed E-state index contributed by atoms with van der Waals surface area (Å²) in [7, 11) is 0. The number of fused-ring (bicyclic) bond motifs is 2. The van der Waals surface area contributed by atoms with Gasteiger partial charge in [0, 0.05) is 11.4 Å². The lowest BCUT2D eigenvalue weighted by molar-refractivity contribution is -0.116. The third-order valence-corrected chi connectivity index (χ3v) is 3.21. The minimum Gasteiger partial charge on any atom is -0.368 e. The number of hydrogen-bond donors (Lipinski definition) is 1. The Morgan fingerprint density at radius 3 is 1.84 bits per heavy atom. The maximum atomic E-state index is 11.4. The van der Waals surface area contributed by atoms with Crippen LogP contribution in [0.25, 0.3) is 12.2 Å². The van der Waals surface area contributed by atoms with Crippen LogP contribution in [-0.4, -0.2) is 12.5 Å². The second kappa shape index (κ2) is 4.61. The van der Waals surface area contributed by atoms with Crippen molar-refractivity contribution in [2.24, 2.45) is 5.73 Å². The van der Waals surface area contributed by atoms with Gasteiger partial charge >= 0.3 is 0 Å². The van der Waals surface area contributed by atoms with Crippen molar-refractivity contribution in [2.45, 2.75) is 0 Å². The Morgan fingerprint density at radius 2 is 1.37 bits per heavy atom. The van der Waals surface area contributed by atoms with Gasteiger partial charge in [0.25, 0.3) is 0 Å². The molecule has 0 aliphatic carbocycles. The first kappa shape index (κ1) is 11.5. The van der Waals surface area contributed by atoms with E-state index in [1.165, 1.54) is 0 Å². The highest BCUT2D eigenvalue weighted by atomic mass is 16.1. The average molecular weight is 250 g/mol. The van der Waals surface area contributed by atoms with E-state index in [0.717, 1.165) is 22.5 Å². The van der Waals surface area contributed by atoms with Crippen LogP contribution in [0, 0.1) is 0 Å². The summed E-state index contributed by atoms with van der Waals surface area (Å²) in [6, 6.07) is 16.0. The highest BCUT2D eigenvalue weighted by molar-refractivity contribution is 5.92. The molecular weight excluding hydrogens is 236 g/mol. The average Bonchev–Trinajstić information content (AvgIpc) is 2.57. The van der Waals surface area contributed by atoms with E-state index >= 15 is 0 Å². The molecule has 94 valence electrons. The zero-order valence-corrected chi connectivity index (χ0v) is 10.4. The molecule has 19 heavy (non-hydrogen) atoms. The molecular formula is C16H14N2O. The fourth-order valence-electron chi connectivity index (χ4n) is 2.38. The molecule has 0 bridgehead atoms. The van der Waals surface area contributed by atoms with Gasteiger partial charge in [-0.2, -0.15) is 0 Å². The summed E-state index contributed by atoms with van der Waals surface area (Å²) in [4.78, 5) is 13.3. The Balaban J connectivity index is 2.21. The van der Waals surface area contributed by atoms with Crippen LogP contribution in [0.3, 0.4) is 0 Å². The number of carbonyl (C=O) groups excluding carboxylic acids is 1. The van der Waals surface area contributed by atoms with Crippen LogP contribution >= 0.6 is 0 Å². The molecule has 0 atom stereocenters. The molecule has 0 aromatic heterocycles. The molecule has 1 amide bonds. The van der Waals surface area contributed by atoms with Gasteiger partial charge in [0.15, 0.2) is 0 Å². The summed E-state index contributed by atoms with van der Waals surface area (Å²) < 4.78 is 0. The van der Waals surface area contributed by atoms with Crippen molar-refractivity contribution in [3.63, 3.8) is 0 Å². The van der Waals surface area contributed by atoms with E-state index in [1.807, 2.05) is 53.4 Å². The third-order valence-electron chi connectivity index (χ3n) is 3.21. The van der Waals surface area contributed by atoms with Gasteiger partial charge in [0.05, 0.1) is 0 Å². The van der Waals surface area contributed by atoms with Crippen LogP contribution < -0.4 is 10.6 Å². The van der Waals surface area contributed by atoms with Crippen molar-refractivity contribution in [1.82, 2.24) is 0 Å². The van der Waals surface area contributed by atoms with E-state index in [-0.39, 0.29) is 12.5 Å². The van der Waals surface area contributed by atoms with Gasteiger partial charge in [-0.05, 0) is 23.3 Å². The van der Waals surface area contributed by atoms with Gasteiger partial charge in [-0.3, -0.25) is 4.79 Å². The van der Waals surface area contributed by atoms with Gasteiger partial charge in [0.1, 0.15) is 6.54 Å². The monoisotopic (exact) mass is 250 g/mol. The van der Waals surface area contributed by atoms with Crippen LogP contribution in [0.4, 0.5) is 11.4 Å². The number of para-hydroxylation sites is 2. The van der Waals surface area contributed by atoms with E-state index in [2.05, 4.69) is 12.2 Å². The number of nitrogens with zero attached hydrogens (tertiary/aromatic N) is 1. The Labute approximate surface area is 112 Å². The van der Waals surface area contributed by atoms with Crippen LogP contribution in [-0.2, 0) is 4.79 Å². The van der Waals surface area contributed by atoms with Crippen LogP contribution in [0.2, 0.25) is 0 Å². The molecule has 3 nitrogen and oxygen atoms in total. The van der Waals surface area contributed by atoms with E-state index in [4.69, 9.17) is 5.73 Å². The SMILES string of the molecule is NC(=O)CN1c2ccccc2C=Cc2ccccc21. The quantitative estimate of drug-likeness (QED) is 0.890. The molecule has 1 aliphatic rings. The Bertz CT molecular complexity index is 612. The highest BCUT2D eigenvalue weighted by Crippen LogP contribution is 2.35. The van der Waals surface area contributed by atoms with Crippen molar-refractivity contribution < 1.29 is 4.79 Å². The summed E-state index contributed by atoms with van der Waals surface area (Å²) in [6.45, 7) is 0.176. The number of hydrogen-bond acceptors (Lipinski definition) is 2. The summed E-state index contributed by atoms with van der Waals surface area (Å²) in [5.41, 5.74) is 9.56. The number of benzene rings is 2. The number of anilines is 2. The first-order valence-corrected chi connectivity index (χ1v) is 6.18. The zero-order chi connectivity index (χ0) is 13.2. The maximum absolute atomic E-state index is 11.4. The van der Waals surface area contributed by atoms with E-state index in [1.54, 1.807) is 0 Å². The van der Waals surface area contributed by atoms with Crippen LogP contribution in [0.15, 0.2) is 48.5 Å². The molecule has 2 aromatic rings. The number of amides is 1. The summed E-state index contributed by atoms with van der Waals surface area (Å²) >= 11 is 0. The number of rotatable bonds is 2. The van der Waals surface area contributed by atoms with E-state index < -0.39 is 0 Å². The largest absolute Gasteiger partial charge is 0.368 e. The van der Waals surface area contributed by atoms with Crippen LogP contribution in [0.1, 0.15) is 11.1 Å². The van der Waals surface area contributed by atoms with Gasteiger partial charge in [0.2, 0.25) is 5.91 Å². The second-order valence-electron chi connectivity index (χ2n) is 4.50. The number of primary amides is 1. The zero-order valence-electron chi connectivity index (χ0n) is 10.4. The number of carbonyl (C=O) groups is 1. The first-order valence-electron chi connectivity index (χ1n) is 6.18. The Morgan fingerprint density at radius 1 is 0.895 bits per heavy atom. The lowest BCUT2D eigenvalue weighted by atomic mass is 10.1. The summed E-state index contributed by atoms with van der Waals surface area (Å²) in [5, 5.41) is 0. The second-order valence-corrected chi connectivity index (χ2v) is 4.50. The first-order chi connectivity index (χ1) is 9.25. The normalized spacial score (nSPS) is 12.5. The minimum absolute atomic E-state index is 0.176. The van der Waals surface area contributed by atoms with Crippen molar-refractivity contribution in [1.29, 1.82) is 0 Å². The van der Waals surface area contributed by atoms with Crippen molar-refractivity contribution in [3.05, 3.63) is 59.7 Å². The fourth-order valence-corrected chi connectivity index (χ4v) is 2.38. The molecule has 3 rings (SSSR count). The molecule has 0 saturated carbocycles. The molecule has 2 N–H and O–H groups in total. The smallest absolute Gasteiger partial charge is 0.237 e. The Kier molecular flexibility index (Phi) is 2.80. The molecule has 3 heteroatoms. The summed E-state index contributed by atoms with van der Waals surface area (Å²) in [6.07, 6.45) is 4.13. The number of nitrogens with two attached hydrogens (primary N) is 1. The predicted molar refractivity (Wildman–Crippen MR) is 78.0 cm³/mol. The maximum Gasteiger partial charge on any atom is 0.237 e. The highest BCUT2D eigenvalue weighted by Gasteiger charge is 2.18. The van der Waals surface area contributed by atoms with Crippen molar-refractivity contribution >= 4 is 29.4 Å². The predicted octanol–water partition coefficient (Wildman–Crippen LogP) is 2.79. The lowest BCUT2D eigenvalue weighted by Gasteiger charge is -2.25. The van der Waals surface area contributed by atoms with Gasteiger partial charge < -0.3 is 10.6 Å². The fraction of sp³-hybridized carbons (Fsp3) is 0.0625. The standard InChI is InChI=1S/C16H14N2O/c17-16(19)11-18-14-7-3-1-5-12(14)9-10-13-6-2-4-8-15(13)18/h1-10H,11H2,(H2,17,19). The van der Waals surface area contributed by atoms with Crippen molar-refractivity contribution in [3.8, 4) is 0 Å². The van der Waals surface area contributed by atoms with Crippen LogP contribution in [0.5, 0.6) is 0 Å². The van der Waals surface area contributed by atoms with Gasteiger partial charge in [-0.25, -0.2) is 0 Å².